The van der Waals surface area contributed by atoms with Gasteiger partial charge in [0.1, 0.15) is 13.2 Å². The third-order valence-electron chi connectivity index (χ3n) is 4.74. The van der Waals surface area contributed by atoms with E-state index in [0.717, 1.165) is 5.56 Å². The Morgan fingerprint density at radius 3 is 2.74 bits per heavy atom. The number of benzene rings is 2. The second-order valence-corrected chi connectivity index (χ2v) is 6.95. The molecule has 2 heterocycles. The Hall–Kier alpha value is -2.73. The first-order valence-electron chi connectivity index (χ1n) is 8.83. The van der Waals surface area contributed by atoms with Crippen LogP contribution < -0.4 is 19.7 Å². The van der Waals surface area contributed by atoms with E-state index in [0.29, 0.717) is 48.5 Å². The molecule has 1 N–H and O–H groups in total. The summed E-state index contributed by atoms with van der Waals surface area (Å²) in [7, 11) is 0. The van der Waals surface area contributed by atoms with Gasteiger partial charge in [-0.3, -0.25) is 9.59 Å². The fourth-order valence-corrected chi connectivity index (χ4v) is 3.50. The molecule has 0 saturated carbocycles. The van der Waals surface area contributed by atoms with Gasteiger partial charge in [-0.15, -0.1) is 0 Å². The highest BCUT2D eigenvalue weighted by molar-refractivity contribution is 6.31. The van der Waals surface area contributed by atoms with Crippen molar-refractivity contribution in [2.24, 2.45) is 5.92 Å². The van der Waals surface area contributed by atoms with E-state index in [2.05, 4.69) is 5.32 Å². The standard InChI is InChI=1S/C20H19ClN2O4/c21-16-4-2-1-3-13(16)11-22-20(25)14-9-19(24)23(12-14)15-5-6-17-18(10-15)27-8-7-26-17/h1-6,10,14H,7-9,11-12H2,(H,22,25)/t14-/m0/s1. The van der Waals surface area contributed by atoms with Crippen LogP contribution in [0.2, 0.25) is 5.02 Å². The molecule has 0 spiro atoms. The zero-order valence-electron chi connectivity index (χ0n) is 14.6. The minimum atomic E-state index is -0.395. The smallest absolute Gasteiger partial charge is 0.227 e. The molecule has 1 saturated heterocycles. The predicted molar refractivity (Wildman–Crippen MR) is 101 cm³/mol. The van der Waals surface area contributed by atoms with Crippen LogP contribution in [0.3, 0.4) is 0 Å². The minimum absolute atomic E-state index is 0.0791. The van der Waals surface area contributed by atoms with Crippen molar-refractivity contribution in [1.82, 2.24) is 5.32 Å². The van der Waals surface area contributed by atoms with Crippen LogP contribution in [0.1, 0.15) is 12.0 Å². The first-order chi connectivity index (χ1) is 13.1. The number of carbonyl (C=O) groups excluding carboxylic acids is 2. The number of carbonyl (C=O) groups is 2. The summed E-state index contributed by atoms with van der Waals surface area (Å²) in [5.41, 5.74) is 1.56. The van der Waals surface area contributed by atoms with Crippen LogP contribution in [0.4, 0.5) is 5.69 Å². The van der Waals surface area contributed by atoms with E-state index in [9.17, 15) is 9.59 Å². The molecule has 0 bridgehead atoms. The third kappa shape index (κ3) is 3.71. The Labute approximate surface area is 162 Å². The summed E-state index contributed by atoms with van der Waals surface area (Å²) in [4.78, 5) is 26.6. The molecule has 2 amide bonds. The molecule has 27 heavy (non-hydrogen) atoms. The topological polar surface area (TPSA) is 67.9 Å². The SMILES string of the molecule is O=C(NCc1ccccc1Cl)[C@H]1CC(=O)N(c2ccc3c(c2)OCCO3)C1. The first kappa shape index (κ1) is 17.7. The molecule has 7 heteroatoms. The third-order valence-corrected chi connectivity index (χ3v) is 5.11. The minimum Gasteiger partial charge on any atom is -0.486 e. The molecule has 1 atom stereocenters. The Morgan fingerprint density at radius 2 is 1.93 bits per heavy atom. The average Bonchev–Trinajstić information content (AvgIpc) is 3.08. The Bertz CT molecular complexity index is 886. The lowest BCUT2D eigenvalue weighted by Gasteiger charge is -2.22. The average molecular weight is 387 g/mol. The van der Waals surface area contributed by atoms with Crippen LogP contribution in [0.15, 0.2) is 42.5 Å². The van der Waals surface area contributed by atoms with Crippen LogP contribution in [0.5, 0.6) is 11.5 Å². The predicted octanol–water partition coefficient (Wildman–Crippen LogP) is 2.78. The maximum atomic E-state index is 12.5. The van der Waals surface area contributed by atoms with E-state index < -0.39 is 5.92 Å². The number of hydrogen-bond acceptors (Lipinski definition) is 4. The molecule has 0 aromatic heterocycles. The molecule has 2 aliphatic heterocycles. The second kappa shape index (κ2) is 7.48. The van der Waals surface area contributed by atoms with Crippen LogP contribution in [-0.4, -0.2) is 31.6 Å². The Morgan fingerprint density at radius 1 is 1.15 bits per heavy atom. The number of hydrogen-bond donors (Lipinski definition) is 1. The number of fused-ring (bicyclic) bond motifs is 1. The molecule has 2 aromatic rings. The Kier molecular flexibility index (Phi) is 4.90. The number of anilines is 1. The van der Waals surface area contributed by atoms with Gasteiger partial charge in [-0.2, -0.15) is 0 Å². The molecule has 0 aliphatic carbocycles. The summed E-state index contributed by atoms with van der Waals surface area (Å²) in [6.45, 7) is 1.68. The Balaban J connectivity index is 1.41. The fourth-order valence-electron chi connectivity index (χ4n) is 3.30. The summed E-state index contributed by atoms with van der Waals surface area (Å²) >= 11 is 6.12. The highest BCUT2D eigenvalue weighted by Crippen LogP contribution is 2.36. The van der Waals surface area contributed by atoms with Gasteiger partial charge in [0.15, 0.2) is 11.5 Å². The molecule has 140 valence electrons. The highest BCUT2D eigenvalue weighted by Gasteiger charge is 2.35. The normalized spacial score (nSPS) is 18.5. The monoisotopic (exact) mass is 386 g/mol. The van der Waals surface area contributed by atoms with E-state index in [1.165, 1.54) is 0 Å². The summed E-state index contributed by atoms with van der Waals surface area (Å²) in [6, 6.07) is 12.8. The van der Waals surface area contributed by atoms with E-state index >= 15 is 0 Å². The van der Waals surface area contributed by atoms with Crippen LogP contribution in [0, 0.1) is 5.92 Å². The molecule has 6 nitrogen and oxygen atoms in total. The molecule has 0 unspecified atom stereocenters. The zero-order valence-corrected chi connectivity index (χ0v) is 15.4. The first-order valence-corrected chi connectivity index (χ1v) is 9.21. The number of amides is 2. The summed E-state index contributed by atoms with van der Waals surface area (Å²) in [5.74, 6) is 0.671. The summed E-state index contributed by atoms with van der Waals surface area (Å²) in [5, 5.41) is 3.49. The number of halogens is 1. The van der Waals surface area contributed by atoms with Crippen molar-refractivity contribution in [3.63, 3.8) is 0 Å². The van der Waals surface area contributed by atoms with Gasteiger partial charge in [0.2, 0.25) is 11.8 Å². The quantitative estimate of drug-likeness (QED) is 0.877. The lowest BCUT2D eigenvalue weighted by molar-refractivity contribution is -0.126. The van der Waals surface area contributed by atoms with Crippen LogP contribution in [-0.2, 0) is 16.1 Å². The molecule has 2 aliphatic rings. The van der Waals surface area contributed by atoms with Gasteiger partial charge in [-0.25, -0.2) is 0 Å². The highest BCUT2D eigenvalue weighted by atomic mass is 35.5. The number of nitrogens with zero attached hydrogens (tertiary/aromatic N) is 1. The summed E-state index contributed by atoms with van der Waals surface area (Å²) in [6.07, 6.45) is 0.183. The zero-order chi connectivity index (χ0) is 18.8. The van der Waals surface area contributed by atoms with Crippen molar-refractivity contribution >= 4 is 29.1 Å². The van der Waals surface area contributed by atoms with Gasteiger partial charge in [0, 0.05) is 36.3 Å². The van der Waals surface area contributed by atoms with E-state index in [1.807, 2.05) is 24.3 Å². The van der Waals surface area contributed by atoms with Crippen LogP contribution >= 0.6 is 11.6 Å². The van der Waals surface area contributed by atoms with Gasteiger partial charge in [0.05, 0.1) is 5.92 Å². The van der Waals surface area contributed by atoms with Crippen molar-refractivity contribution in [1.29, 1.82) is 0 Å². The molecular weight excluding hydrogens is 368 g/mol. The van der Waals surface area contributed by atoms with Crippen molar-refractivity contribution in [3.8, 4) is 11.5 Å². The molecule has 4 rings (SSSR count). The number of rotatable bonds is 4. The lowest BCUT2D eigenvalue weighted by Crippen LogP contribution is -2.32. The van der Waals surface area contributed by atoms with Gasteiger partial charge in [-0.05, 0) is 23.8 Å². The van der Waals surface area contributed by atoms with Gasteiger partial charge in [0.25, 0.3) is 0 Å². The number of ether oxygens (including phenoxy) is 2. The lowest BCUT2D eigenvalue weighted by atomic mass is 10.1. The molecule has 1 fully saturated rings. The van der Waals surface area contributed by atoms with Gasteiger partial charge < -0.3 is 19.7 Å². The maximum absolute atomic E-state index is 12.5. The van der Waals surface area contributed by atoms with Crippen molar-refractivity contribution in [2.45, 2.75) is 13.0 Å². The van der Waals surface area contributed by atoms with E-state index in [1.54, 1.807) is 23.1 Å². The van der Waals surface area contributed by atoms with E-state index in [4.69, 9.17) is 21.1 Å². The van der Waals surface area contributed by atoms with Gasteiger partial charge >= 0.3 is 0 Å². The van der Waals surface area contributed by atoms with Crippen molar-refractivity contribution < 1.29 is 19.1 Å². The number of nitrogens with one attached hydrogen (secondary N) is 1. The summed E-state index contributed by atoms with van der Waals surface area (Å²) < 4.78 is 11.1. The van der Waals surface area contributed by atoms with Crippen molar-refractivity contribution in [2.75, 3.05) is 24.7 Å². The molecule has 0 radical (unpaired) electrons. The fraction of sp³-hybridized carbons (Fsp3) is 0.300. The second-order valence-electron chi connectivity index (χ2n) is 6.54. The van der Waals surface area contributed by atoms with Crippen LogP contribution in [0.25, 0.3) is 0 Å². The maximum Gasteiger partial charge on any atom is 0.227 e. The molecular formula is C20H19ClN2O4. The van der Waals surface area contributed by atoms with E-state index in [-0.39, 0.29) is 18.2 Å². The largest absolute Gasteiger partial charge is 0.486 e. The van der Waals surface area contributed by atoms with Crippen molar-refractivity contribution in [3.05, 3.63) is 53.1 Å². The molecule has 2 aromatic carbocycles. The van der Waals surface area contributed by atoms with Gasteiger partial charge in [-0.1, -0.05) is 29.8 Å².